The molecule has 0 unspecified atom stereocenters. The number of carbonyl (C=O) groups excluding carboxylic acids is 1. The van der Waals surface area contributed by atoms with Crippen LogP contribution >= 0.6 is 0 Å². The minimum atomic E-state index is -2.96. The van der Waals surface area contributed by atoms with Crippen molar-refractivity contribution in [2.24, 2.45) is 0 Å². The van der Waals surface area contributed by atoms with Crippen LogP contribution in [0, 0.1) is 0 Å². The first-order chi connectivity index (χ1) is 10.3. The van der Waals surface area contributed by atoms with Crippen LogP contribution in [0.15, 0.2) is 0 Å². The predicted octanol–water partition coefficient (Wildman–Crippen LogP) is -1.11. The van der Waals surface area contributed by atoms with Crippen molar-refractivity contribution >= 4 is 15.7 Å². The van der Waals surface area contributed by atoms with Crippen molar-refractivity contribution in [2.45, 2.75) is 18.6 Å². The van der Waals surface area contributed by atoms with E-state index in [2.05, 4.69) is 9.80 Å². The Bertz CT molecular complexity index is 494. The van der Waals surface area contributed by atoms with Gasteiger partial charge in [-0.05, 0) is 20.5 Å². The van der Waals surface area contributed by atoms with Crippen LogP contribution in [0.3, 0.4) is 0 Å². The number of hydrogen-bond acceptors (Lipinski definition) is 6. The molecule has 0 saturated carbocycles. The van der Waals surface area contributed by atoms with E-state index in [0.717, 1.165) is 19.6 Å². The van der Waals surface area contributed by atoms with Crippen molar-refractivity contribution in [3.8, 4) is 0 Å². The molecule has 0 spiro atoms. The SMILES string of the molecule is CN(C)C[C@@H]1CN(CC(=O)N(C)[C@@H]2CCS(=O)(=O)C2)CCO1. The van der Waals surface area contributed by atoms with Crippen LogP contribution < -0.4 is 0 Å². The first-order valence-corrected chi connectivity index (χ1v) is 9.54. The molecular weight excluding hydrogens is 306 g/mol. The molecule has 2 aliphatic heterocycles. The van der Waals surface area contributed by atoms with Crippen LogP contribution in [0.5, 0.6) is 0 Å². The lowest BCUT2D eigenvalue weighted by Crippen LogP contribution is -2.51. The van der Waals surface area contributed by atoms with E-state index in [9.17, 15) is 13.2 Å². The lowest BCUT2D eigenvalue weighted by molar-refractivity contribution is -0.134. The quantitative estimate of drug-likeness (QED) is 0.636. The minimum absolute atomic E-state index is 0.00685. The second-order valence-corrected chi connectivity index (χ2v) is 8.78. The van der Waals surface area contributed by atoms with Gasteiger partial charge in [0, 0.05) is 32.7 Å². The number of carbonyl (C=O) groups is 1. The van der Waals surface area contributed by atoms with E-state index >= 15 is 0 Å². The molecule has 0 aliphatic carbocycles. The van der Waals surface area contributed by atoms with Gasteiger partial charge < -0.3 is 14.5 Å². The Hall–Kier alpha value is -0.700. The molecule has 0 aromatic rings. The van der Waals surface area contributed by atoms with Crippen LogP contribution in [0.4, 0.5) is 0 Å². The molecule has 128 valence electrons. The van der Waals surface area contributed by atoms with E-state index in [4.69, 9.17) is 4.74 Å². The lowest BCUT2D eigenvalue weighted by atomic mass is 10.2. The molecule has 8 heteroatoms. The Morgan fingerprint density at radius 2 is 2.05 bits per heavy atom. The molecular formula is C14H27N3O4S. The predicted molar refractivity (Wildman–Crippen MR) is 84.6 cm³/mol. The van der Waals surface area contributed by atoms with Crippen LogP contribution in [0.2, 0.25) is 0 Å². The Labute approximate surface area is 133 Å². The fraction of sp³-hybridized carbons (Fsp3) is 0.929. The summed E-state index contributed by atoms with van der Waals surface area (Å²) in [7, 11) is 2.76. The highest BCUT2D eigenvalue weighted by atomic mass is 32.2. The first kappa shape index (κ1) is 17.7. The van der Waals surface area contributed by atoms with Crippen molar-refractivity contribution < 1.29 is 17.9 Å². The molecule has 2 fully saturated rings. The number of likely N-dealkylation sites (N-methyl/N-ethyl adjacent to an activating group) is 2. The zero-order chi connectivity index (χ0) is 16.3. The second-order valence-electron chi connectivity index (χ2n) is 6.55. The van der Waals surface area contributed by atoms with Gasteiger partial charge in [0.1, 0.15) is 0 Å². The highest BCUT2D eigenvalue weighted by molar-refractivity contribution is 7.91. The summed E-state index contributed by atoms with van der Waals surface area (Å²) in [5.74, 6) is 0.284. The van der Waals surface area contributed by atoms with E-state index in [1.165, 1.54) is 0 Å². The topological polar surface area (TPSA) is 70.2 Å². The summed E-state index contributed by atoms with van der Waals surface area (Å²) < 4.78 is 28.8. The third-order valence-corrected chi connectivity index (χ3v) is 6.05. The minimum Gasteiger partial charge on any atom is -0.374 e. The monoisotopic (exact) mass is 333 g/mol. The number of sulfone groups is 1. The van der Waals surface area contributed by atoms with Crippen molar-refractivity contribution in [3.63, 3.8) is 0 Å². The smallest absolute Gasteiger partial charge is 0.236 e. The summed E-state index contributed by atoms with van der Waals surface area (Å²) in [5.41, 5.74) is 0. The van der Waals surface area contributed by atoms with Gasteiger partial charge >= 0.3 is 0 Å². The summed E-state index contributed by atoms with van der Waals surface area (Å²) in [4.78, 5) is 18.2. The fourth-order valence-corrected chi connectivity index (χ4v) is 4.80. The summed E-state index contributed by atoms with van der Waals surface area (Å²) in [5, 5.41) is 0. The summed E-state index contributed by atoms with van der Waals surface area (Å²) >= 11 is 0. The molecule has 0 aromatic carbocycles. The summed E-state index contributed by atoms with van der Waals surface area (Å²) in [6, 6.07) is -0.170. The van der Waals surface area contributed by atoms with Crippen LogP contribution in [-0.2, 0) is 19.4 Å². The van der Waals surface area contributed by atoms with Crippen LogP contribution in [-0.4, -0.2) is 107 Å². The standard InChI is InChI=1S/C14H27N3O4S/c1-15(2)8-13-9-17(5-6-21-13)10-14(18)16(3)12-4-7-22(19,20)11-12/h12-13H,4-11H2,1-3H3/t12-,13-/m1/s1. The maximum absolute atomic E-state index is 12.4. The largest absolute Gasteiger partial charge is 0.374 e. The van der Waals surface area contributed by atoms with Gasteiger partial charge in [0.25, 0.3) is 0 Å². The molecule has 0 aromatic heterocycles. The molecule has 0 N–H and O–H groups in total. The number of nitrogens with zero attached hydrogens (tertiary/aromatic N) is 3. The highest BCUT2D eigenvalue weighted by Gasteiger charge is 2.33. The van der Waals surface area contributed by atoms with E-state index in [0.29, 0.717) is 19.6 Å². The molecule has 2 saturated heterocycles. The van der Waals surface area contributed by atoms with E-state index in [1.54, 1.807) is 11.9 Å². The van der Waals surface area contributed by atoms with Gasteiger partial charge in [0.2, 0.25) is 5.91 Å². The maximum atomic E-state index is 12.4. The third-order valence-electron chi connectivity index (χ3n) is 4.30. The van der Waals surface area contributed by atoms with Crippen molar-refractivity contribution in [1.29, 1.82) is 0 Å². The number of morpholine rings is 1. The maximum Gasteiger partial charge on any atom is 0.236 e. The zero-order valence-corrected chi connectivity index (χ0v) is 14.5. The average molecular weight is 333 g/mol. The molecule has 2 atom stereocenters. The van der Waals surface area contributed by atoms with E-state index < -0.39 is 9.84 Å². The summed E-state index contributed by atoms with van der Waals surface area (Å²) in [6.45, 7) is 3.28. The van der Waals surface area contributed by atoms with Gasteiger partial charge in [-0.3, -0.25) is 9.69 Å². The molecule has 22 heavy (non-hydrogen) atoms. The van der Waals surface area contributed by atoms with Crippen molar-refractivity contribution in [3.05, 3.63) is 0 Å². The molecule has 2 rings (SSSR count). The van der Waals surface area contributed by atoms with Gasteiger partial charge in [0.15, 0.2) is 9.84 Å². The molecule has 2 aliphatic rings. The Balaban J connectivity index is 1.83. The highest BCUT2D eigenvalue weighted by Crippen LogP contribution is 2.17. The van der Waals surface area contributed by atoms with Crippen molar-refractivity contribution in [1.82, 2.24) is 14.7 Å². The number of hydrogen-bond donors (Lipinski definition) is 0. The van der Waals surface area contributed by atoms with Gasteiger partial charge in [0.05, 0.1) is 30.8 Å². The Morgan fingerprint density at radius 1 is 1.32 bits per heavy atom. The van der Waals surface area contributed by atoms with Crippen LogP contribution in [0.25, 0.3) is 0 Å². The third kappa shape index (κ3) is 4.91. The number of ether oxygens (including phenoxy) is 1. The summed E-state index contributed by atoms with van der Waals surface area (Å²) in [6.07, 6.45) is 0.672. The lowest BCUT2D eigenvalue weighted by Gasteiger charge is -2.35. The fourth-order valence-electron chi connectivity index (χ4n) is 3.03. The van der Waals surface area contributed by atoms with Gasteiger partial charge in [-0.1, -0.05) is 0 Å². The molecule has 2 heterocycles. The van der Waals surface area contributed by atoms with E-state index in [1.807, 2.05) is 14.1 Å². The number of rotatable bonds is 5. The van der Waals surface area contributed by atoms with Gasteiger partial charge in [-0.25, -0.2) is 8.42 Å². The normalized spacial score (nSPS) is 28.9. The van der Waals surface area contributed by atoms with Crippen LogP contribution in [0.1, 0.15) is 6.42 Å². The molecule has 0 bridgehead atoms. The molecule has 0 radical (unpaired) electrons. The van der Waals surface area contributed by atoms with E-state index in [-0.39, 0.29) is 29.6 Å². The van der Waals surface area contributed by atoms with Gasteiger partial charge in [-0.2, -0.15) is 0 Å². The molecule has 7 nitrogen and oxygen atoms in total. The number of amides is 1. The molecule has 1 amide bonds. The first-order valence-electron chi connectivity index (χ1n) is 7.71. The Kier molecular flexibility index (Phi) is 5.81. The zero-order valence-electron chi connectivity index (χ0n) is 13.7. The Morgan fingerprint density at radius 3 is 2.64 bits per heavy atom. The second kappa shape index (κ2) is 7.25. The average Bonchev–Trinajstić information content (AvgIpc) is 2.77. The van der Waals surface area contributed by atoms with Gasteiger partial charge in [-0.15, -0.1) is 0 Å². The van der Waals surface area contributed by atoms with Crippen molar-refractivity contribution in [2.75, 3.05) is 65.4 Å².